The summed E-state index contributed by atoms with van der Waals surface area (Å²) in [6.45, 7) is 9.03. The lowest BCUT2D eigenvalue weighted by Crippen LogP contribution is -2.46. The summed E-state index contributed by atoms with van der Waals surface area (Å²) in [5, 5.41) is 0. The number of hydrogen-bond acceptors (Lipinski definition) is 2. The molecule has 0 spiro atoms. The first-order chi connectivity index (χ1) is 8.62. The number of hydrogen-bond donors (Lipinski definition) is 1. The molecule has 1 saturated heterocycles. The fourth-order valence-corrected chi connectivity index (χ4v) is 3.11. The molecule has 106 valence electrons. The van der Waals surface area contributed by atoms with Gasteiger partial charge in [-0.25, -0.2) is 0 Å². The van der Waals surface area contributed by atoms with Gasteiger partial charge in [0.15, 0.2) is 0 Å². The molecule has 1 heterocycles. The average molecular weight is 254 g/mol. The SMILES string of the molecule is CCCC(CN)C(=O)N1CCC(CC)(CC)CC1. The van der Waals surface area contributed by atoms with E-state index >= 15 is 0 Å². The average Bonchev–Trinajstić information content (AvgIpc) is 2.44. The molecule has 1 amide bonds. The van der Waals surface area contributed by atoms with Gasteiger partial charge in [0.25, 0.3) is 0 Å². The van der Waals surface area contributed by atoms with Crippen molar-refractivity contribution >= 4 is 5.91 Å². The monoisotopic (exact) mass is 254 g/mol. The van der Waals surface area contributed by atoms with Gasteiger partial charge < -0.3 is 10.6 Å². The third kappa shape index (κ3) is 3.47. The summed E-state index contributed by atoms with van der Waals surface area (Å²) in [5.74, 6) is 0.339. The highest BCUT2D eigenvalue weighted by atomic mass is 16.2. The molecule has 0 aromatic heterocycles. The largest absolute Gasteiger partial charge is 0.342 e. The molecule has 1 rings (SSSR count). The summed E-state index contributed by atoms with van der Waals surface area (Å²) in [5.41, 5.74) is 6.21. The number of rotatable bonds is 6. The number of likely N-dealkylation sites (tertiary alicyclic amines) is 1. The zero-order valence-corrected chi connectivity index (χ0v) is 12.4. The van der Waals surface area contributed by atoms with E-state index in [9.17, 15) is 4.79 Å². The molecule has 1 aliphatic rings. The number of amides is 1. The minimum absolute atomic E-state index is 0.0470. The number of carbonyl (C=O) groups excluding carboxylic acids is 1. The molecule has 3 heteroatoms. The van der Waals surface area contributed by atoms with E-state index < -0.39 is 0 Å². The smallest absolute Gasteiger partial charge is 0.226 e. The maximum atomic E-state index is 12.4. The van der Waals surface area contributed by atoms with Crippen molar-refractivity contribution in [2.75, 3.05) is 19.6 Å². The summed E-state index contributed by atoms with van der Waals surface area (Å²) in [6.07, 6.45) is 6.76. The van der Waals surface area contributed by atoms with Crippen LogP contribution in [0.4, 0.5) is 0 Å². The lowest BCUT2D eigenvalue weighted by Gasteiger charge is -2.42. The summed E-state index contributed by atoms with van der Waals surface area (Å²) in [7, 11) is 0. The van der Waals surface area contributed by atoms with Crippen molar-refractivity contribution in [2.24, 2.45) is 17.1 Å². The molecule has 0 aliphatic carbocycles. The zero-order chi connectivity index (χ0) is 13.6. The van der Waals surface area contributed by atoms with E-state index in [1.807, 2.05) is 0 Å². The Hall–Kier alpha value is -0.570. The first-order valence-electron chi connectivity index (χ1n) is 7.61. The molecule has 1 fully saturated rings. The van der Waals surface area contributed by atoms with E-state index in [1.165, 1.54) is 12.8 Å². The minimum Gasteiger partial charge on any atom is -0.342 e. The Balaban J connectivity index is 2.54. The third-order valence-corrected chi connectivity index (χ3v) is 4.91. The van der Waals surface area contributed by atoms with Crippen molar-refractivity contribution in [1.29, 1.82) is 0 Å². The van der Waals surface area contributed by atoms with Crippen LogP contribution in [-0.4, -0.2) is 30.4 Å². The number of carbonyl (C=O) groups is 1. The van der Waals surface area contributed by atoms with Gasteiger partial charge in [0.1, 0.15) is 0 Å². The van der Waals surface area contributed by atoms with E-state index in [4.69, 9.17) is 5.73 Å². The second-order valence-corrected chi connectivity index (χ2v) is 5.75. The normalized spacial score (nSPS) is 20.8. The van der Waals surface area contributed by atoms with Gasteiger partial charge in [-0.05, 0) is 24.7 Å². The van der Waals surface area contributed by atoms with Gasteiger partial charge >= 0.3 is 0 Å². The van der Waals surface area contributed by atoms with Gasteiger partial charge in [-0.2, -0.15) is 0 Å². The molecular formula is C15H30N2O. The molecule has 2 N–H and O–H groups in total. The first kappa shape index (κ1) is 15.5. The van der Waals surface area contributed by atoms with Crippen LogP contribution in [0.3, 0.4) is 0 Å². The second kappa shape index (κ2) is 7.13. The summed E-state index contributed by atoms with van der Waals surface area (Å²) >= 11 is 0. The topological polar surface area (TPSA) is 46.3 Å². The summed E-state index contributed by atoms with van der Waals surface area (Å²) < 4.78 is 0. The Kier molecular flexibility index (Phi) is 6.13. The van der Waals surface area contributed by atoms with Crippen LogP contribution in [0.25, 0.3) is 0 Å². The molecule has 3 nitrogen and oxygen atoms in total. The Morgan fingerprint density at radius 2 is 1.78 bits per heavy atom. The predicted octanol–water partition coefficient (Wildman–Crippen LogP) is 2.79. The highest BCUT2D eigenvalue weighted by molar-refractivity contribution is 5.79. The van der Waals surface area contributed by atoms with Gasteiger partial charge in [0.2, 0.25) is 5.91 Å². The fourth-order valence-electron chi connectivity index (χ4n) is 3.11. The van der Waals surface area contributed by atoms with Gasteiger partial charge in [-0.1, -0.05) is 40.0 Å². The molecular weight excluding hydrogens is 224 g/mol. The molecule has 1 atom stereocenters. The van der Waals surface area contributed by atoms with Gasteiger partial charge in [-0.3, -0.25) is 4.79 Å². The van der Waals surface area contributed by atoms with Crippen LogP contribution in [0.2, 0.25) is 0 Å². The molecule has 18 heavy (non-hydrogen) atoms. The highest BCUT2D eigenvalue weighted by Gasteiger charge is 2.34. The molecule has 0 saturated carbocycles. The van der Waals surface area contributed by atoms with Crippen molar-refractivity contribution < 1.29 is 4.79 Å². The summed E-state index contributed by atoms with van der Waals surface area (Å²) in [6, 6.07) is 0. The quantitative estimate of drug-likeness (QED) is 0.792. The van der Waals surface area contributed by atoms with Crippen LogP contribution >= 0.6 is 0 Å². The maximum absolute atomic E-state index is 12.4. The van der Waals surface area contributed by atoms with Crippen LogP contribution in [0.15, 0.2) is 0 Å². The number of piperidine rings is 1. The molecule has 1 unspecified atom stereocenters. The fraction of sp³-hybridized carbons (Fsp3) is 0.933. The number of nitrogens with two attached hydrogens (primary N) is 1. The van der Waals surface area contributed by atoms with Crippen LogP contribution in [0.1, 0.15) is 59.3 Å². The van der Waals surface area contributed by atoms with Crippen molar-refractivity contribution in [3.63, 3.8) is 0 Å². The van der Waals surface area contributed by atoms with Crippen molar-refractivity contribution in [3.8, 4) is 0 Å². The van der Waals surface area contributed by atoms with E-state index in [0.717, 1.165) is 38.8 Å². The molecule has 0 bridgehead atoms. The van der Waals surface area contributed by atoms with Crippen LogP contribution in [0.5, 0.6) is 0 Å². The standard InChI is InChI=1S/C15H30N2O/c1-4-7-13(12-16)14(18)17-10-8-15(5-2,6-3)9-11-17/h13H,4-12,16H2,1-3H3. The molecule has 1 aliphatic heterocycles. The number of nitrogens with zero attached hydrogens (tertiary/aromatic N) is 1. The third-order valence-electron chi connectivity index (χ3n) is 4.91. The Morgan fingerprint density at radius 3 is 2.17 bits per heavy atom. The first-order valence-corrected chi connectivity index (χ1v) is 7.61. The lowest BCUT2D eigenvalue weighted by atomic mass is 9.74. The summed E-state index contributed by atoms with van der Waals surface area (Å²) in [4.78, 5) is 14.4. The van der Waals surface area contributed by atoms with Crippen LogP contribution < -0.4 is 5.73 Å². The van der Waals surface area contributed by atoms with E-state index in [2.05, 4.69) is 25.7 Å². The maximum Gasteiger partial charge on any atom is 0.226 e. The highest BCUT2D eigenvalue weighted by Crippen LogP contribution is 2.38. The van der Waals surface area contributed by atoms with E-state index in [0.29, 0.717) is 17.9 Å². The van der Waals surface area contributed by atoms with Crippen LogP contribution in [-0.2, 0) is 4.79 Å². The molecule has 0 aromatic rings. The van der Waals surface area contributed by atoms with Gasteiger partial charge in [-0.15, -0.1) is 0 Å². The predicted molar refractivity (Wildman–Crippen MR) is 76.3 cm³/mol. The van der Waals surface area contributed by atoms with Crippen molar-refractivity contribution in [2.45, 2.75) is 59.3 Å². The van der Waals surface area contributed by atoms with Crippen molar-refractivity contribution in [3.05, 3.63) is 0 Å². The van der Waals surface area contributed by atoms with Gasteiger partial charge in [0, 0.05) is 19.6 Å². The van der Waals surface area contributed by atoms with Crippen LogP contribution in [0, 0.1) is 11.3 Å². The van der Waals surface area contributed by atoms with Crippen molar-refractivity contribution in [1.82, 2.24) is 4.90 Å². The van der Waals surface area contributed by atoms with E-state index in [1.54, 1.807) is 0 Å². The zero-order valence-electron chi connectivity index (χ0n) is 12.4. The molecule has 0 aromatic carbocycles. The Morgan fingerprint density at radius 1 is 1.22 bits per heavy atom. The van der Waals surface area contributed by atoms with Gasteiger partial charge in [0.05, 0.1) is 5.92 Å². The minimum atomic E-state index is 0.0470. The van der Waals surface area contributed by atoms with E-state index in [-0.39, 0.29) is 5.92 Å². The Labute approximate surface area is 112 Å². The molecule has 0 radical (unpaired) electrons. The Bertz CT molecular complexity index is 251. The second-order valence-electron chi connectivity index (χ2n) is 5.75. The lowest BCUT2D eigenvalue weighted by molar-refractivity contribution is -0.138.